The smallest absolute Gasteiger partial charge is 0.265 e. The maximum Gasteiger partial charge on any atom is 0.265 e. The molecule has 1 atom stereocenters. The van der Waals surface area contributed by atoms with Crippen LogP contribution < -0.4 is 10.1 Å². The van der Waals surface area contributed by atoms with Gasteiger partial charge in [0.25, 0.3) is 5.91 Å². The summed E-state index contributed by atoms with van der Waals surface area (Å²) >= 11 is 9.23. The maximum absolute atomic E-state index is 12.3. The Morgan fingerprint density at radius 2 is 1.90 bits per heavy atom. The molecule has 0 aliphatic carbocycles. The molecule has 0 fully saturated rings. The van der Waals surface area contributed by atoms with Gasteiger partial charge in [-0.05, 0) is 58.7 Å². The lowest BCUT2D eigenvalue weighted by Crippen LogP contribution is -2.32. The molecule has 0 saturated carbocycles. The van der Waals surface area contributed by atoms with Gasteiger partial charge < -0.3 is 10.1 Å². The summed E-state index contributed by atoms with van der Waals surface area (Å²) in [5.41, 5.74) is 0.723. The Hall–Kier alpha value is -1.52. The summed E-state index contributed by atoms with van der Waals surface area (Å²) in [6.45, 7) is 1.90. The first-order valence-corrected chi connectivity index (χ1v) is 7.75. The monoisotopic (exact) mass is 367 g/mol. The van der Waals surface area contributed by atoms with Crippen molar-refractivity contribution in [3.63, 3.8) is 0 Å². The summed E-state index contributed by atoms with van der Waals surface area (Å²) in [7, 11) is 0. The fourth-order valence-electron chi connectivity index (χ4n) is 1.78. The SMILES string of the molecule is CC[C@@H](Oc1ccc(Cl)cc1)C(=O)Nc1ccccc1Br. The number of benzene rings is 2. The Bertz CT molecular complexity index is 616. The van der Waals surface area contributed by atoms with Crippen LogP contribution in [0.4, 0.5) is 5.69 Å². The number of para-hydroxylation sites is 1. The molecule has 0 saturated heterocycles. The summed E-state index contributed by atoms with van der Waals surface area (Å²) in [5, 5.41) is 3.49. The second-order valence-corrected chi connectivity index (χ2v) is 5.73. The topological polar surface area (TPSA) is 38.3 Å². The van der Waals surface area contributed by atoms with Gasteiger partial charge in [-0.3, -0.25) is 4.79 Å². The van der Waals surface area contributed by atoms with E-state index in [2.05, 4.69) is 21.2 Å². The average Bonchev–Trinajstić information content (AvgIpc) is 2.49. The first kappa shape index (κ1) is 15.9. The molecule has 2 aromatic carbocycles. The predicted octanol–water partition coefficient (Wildman–Crippen LogP) is 4.90. The van der Waals surface area contributed by atoms with Gasteiger partial charge in [0.1, 0.15) is 5.75 Å². The van der Waals surface area contributed by atoms with Crippen molar-refractivity contribution in [1.82, 2.24) is 0 Å². The van der Waals surface area contributed by atoms with Crippen LogP contribution in [0.2, 0.25) is 5.02 Å². The van der Waals surface area contributed by atoms with Gasteiger partial charge >= 0.3 is 0 Å². The molecular formula is C16H15BrClNO2. The Morgan fingerprint density at radius 3 is 2.52 bits per heavy atom. The predicted molar refractivity (Wildman–Crippen MR) is 88.9 cm³/mol. The van der Waals surface area contributed by atoms with Crippen molar-refractivity contribution in [2.45, 2.75) is 19.4 Å². The van der Waals surface area contributed by atoms with Crippen molar-refractivity contribution in [3.8, 4) is 5.75 Å². The maximum atomic E-state index is 12.3. The Balaban J connectivity index is 2.05. The van der Waals surface area contributed by atoms with Crippen LogP contribution in [0.5, 0.6) is 5.75 Å². The van der Waals surface area contributed by atoms with Crippen LogP contribution in [0.1, 0.15) is 13.3 Å². The highest BCUT2D eigenvalue weighted by molar-refractivity contribution is 9.10. The third kappa shape index (κ3) is 4.48. The zero-order chi connectivity index (χ0) is 15.2. The molecule has 0 aromatic heterocycles. The highest BCUT2D eigenvalue weighted by atomic mass is 79.9. The molecule has 1 N–H and O–H groups in total. The number of ether oxygens (including phenoxy) is 1. The quantitative estimate of drug-likeness (QED) is 0.815. The van der Waals surface area contributed by atoms with Gasteiger partial charge in [-0.25, -0.2) is 0 Å². The fraction of sp³-hybridized carbons (Fsp3) is 0.188. The average molecular weight is 369 g/mol. The van der Waals surface area contributed by atoms with Crippen molar-refractivity contribution in [3.05, 3.63) is 58.0 Å². The van der Waals surface area contributed by atoms with E-state index >= 15 is 0 Å². The third-order valence-corrected chi connectivity index (χ3v) is 3.83. The number of hydrogen-bond acceptors (Lipinski definition) is 2. The minimum absolute atomic E-state index is 0.181. The molecule has 5 heteroatoms. The van der Waals surface area contributed by atoms with Gasteiger partial charge in [-0.1, -0.05) is 30.7 Å². The number of hydrogen-bond donors (Lipinski definition) is 1. The second kappa shape index (κ2) is 7.48. The molecule has 110 valence electrons. The van der Waals surface area contributed by atoms with Crippen molar-refractivity contribution >= 4 is 39.1 Å². The van der Waals surface area contributed by atoms with Crippen molar-refractivity contribution in [1.29, 1.82) is 0 Å². The van der Waals surface area contributed by atoms with E-state index in [1.807, 2.05) is 31.2 Å². The number of anilines is 1. The summed E-state index contributed by atoms with van der Waals surface area (Å²) < 4.78 is 6.54. The number of halogens is 2. The van der Waals surface area contributed by atoms with E-state index in [1.54, 1.807) is 24.3 Å². The Kier molecular flexibility index (Phi) is 5.65. The van der Waals surface area contributed by atoms with Gasteiger partial charge in [0.15, 0.2) is 6.10 Å². The van der Waals surface area contributed by atoms with Gasteiger partial charge in [0.05, 0.1) is 5.69 Å². The third-order valence-electron chi connectivity index (χ3n) is 2.89. The first-order chi connectivity index (χ1) is 10.1. The molecule has 1 amide bonds. The van der Waals surface area contributed by atoms with Gasteiger partial charge in [0.2, 0.25) is 0 Å². The van der Waals surface area contributed by atoms with Crippen LogP contribution in [-0.4, -0.2) is 12.0 Å². The molecule has 2 aromatic rings. The van der Waals surface area contributed by atoms with Gasteiger partial charge in [-0.15, -0.1) is 0 Å². The highest BCUT2D eigenvalue weighted by Gasteiger charge is 2.19. The van der Waals surface area contributed by atoms with Crippen LogP contribution in [0.3, 0.4) is 0 Å². The lowest BCUT2D eigenvalue weighted by molar-refractivity contribution is -0.122. The minimum Gasteiger partial charge on any atom is -0.481 e. The van der Waals surface area contributed by atoms with E-state index in [0.717, 1.165) is 10.2 Å². The van der Waals surface area contributed by atoms with Crippen LogP contribution in [-0.2, 0) is 4.79 Å². The molecule has 21 heavy (non-hydrogen) atoms. The first-order valence-electron chi connectivity index (χ1n) is 6.57. The number of rotatable bonds is 5. The molecule has 3 nitrogen and oxygen atoms in total. The van der Waals surface area contributed by atoms with Crippen LogP contribution in [0.15, 0.2) is 53.0 Å². The van der Waals surface area contributed by atoms with Crippen molar-refractivity contribution in [2.24, 2.45) is 0 Å². The van der Waals surface area contributed by atoms with E-state index in [0.29, 0.717) is 17.2 Å². The second-order valence-electron chi connectivity index (χ2n) is 4.44. The van der Waals surface area contributed by atoms with Crippen LogP contribution in [0.25, 0.3) is 0 Å². The molecule has 0 aliphatic heterocycles. The summed E-state index contributed by atoms with van der Waals surface area (Å²) in [5.74, 6) is 0.438. The van der Waals surface area contributed by atoms with E-state index < -0.39 is 6.10 Å². The van der Waals surface area contributed by atoms with Gasteiger partial charge in [0, 0.05) is 9.50 Å². The number of amides is 1. The van der Waals surface area contributed by atoms with Crippen molar-refractivity contribution < 1.29 is 9.53 Å². The molecule has 0 spiro atoms. The van der Waals surface area contributed by atoms with Crippen LogP contribution in [0, 0.1) is 0 Å². The summed E-state index contributed by atoms with van der Waals surface area (Å²) in [4.78, 5) is 12.3. The Morgan fingerprint density at radius 1 is 1.24 bits per heavy atom. The molecule has 0 bridgehead atoms. The molecule has 0 unspecified atom stereocenters. The normalized spacial score (nSPS) is 11.8. The largest absolute Gasteiger partial charge is 0.481 e. The zero-order valence-electron chi connectivity index (χ0n) is 11.5. The van der Waals surface area contributed by atoms with Gasteiger partial charge in [-0.2, -0.15) is 0 Å². The molecule has 0 aliphatic rings. The highest BCUT2D eigenvalue weighted by Crippen LogP contribution is 2.22. The minimum atomic E-state index is -0.557. The molecular weight excluding hydrogens is 354 g/mol. The van der Waals surface area contributed by atoms with Crippen LogP contribution >= 0.6 is 27.5 Å². The number of nitrogens with one attached hydrogen (secondary N) is 1. The van der Waals surface area contributed by atoms with E-state index in [9.17, 15) is 4.79 Å². The standard InChI is InChI=1S/C16H15BrClNO2/c1-2-15(21-12-9-7-11(18)8-10-12)16(20)19-14-6-4-3-5-13(14)17/h3-10,15H,2H2,1H3,(H,19,20)/t15-/m1/s1. The fourth-order valence-corrected chi connectivity index (χ4v) is 2.29. The molecule has 2 rings (SSSR count). The number of carbonyl (C=O) groups is 1. The summed E-state index contributed by atoms with van der Waals surface area (Å²) in [6.07, 6.45) is 0.0112. The van der Waals surface area contributed by atoms with Crippen molar-refractivity contribution in [2.75, 3.05) is 5.32 Å². The lowest BCUT2D eigenvalue weighted by atomic mass is 10.2. The van der Waals surface area contributed by atoms with E-state index in [4.69, 9.17) is 16.3 Å². The van der Waals surface area contributed by atoms with E-state index in [-0.39, 0.29) is 5.91 Å². The molecule has 0 radical (unpaired) electrons. The zero-order valence-corrected chi connectivity index (χ0v) is 13.8. The molecule has 0 heterocycles. The lowest BCUT2D eigenvalue weighted by Gasteiger charge is -2.17. The Labute approximate surface area is 137 Å². The number of carbonyl (C=O) groups excluding carboxylic acids is 1. The van der Waals surface area contributed by atoms with E-state index in [1.165, 1.54) is 0 Å². The summed E-state index contributed by atoms with van der Waals surface area (Å²) in [6, 6.07) is 14.4.